The van der Waals surface area contributed by atoms with E-state index in [-0.39, 0.29) is 23.3 Å². The molecule has 1 aromatic carbocycles. The molecule has 2 unspecified atom stereocenters. The summed E-state index contributed by atoms with van der Waals surface area (Å²) in [5.74, 6) is 0.400. The second-order valence-electron chi connectivity index (χ2n) is 8.56. The van der Waals surface area contributed by atoms with Crippen LogP contribution in [0, 0.1) is 0 Å². The van der Waals surface area contributed by atoms with Crippen LogP contribution in [-0.4, -0.2) is 52.6 Å². The normalized spacial score (nSPS) is 17.1. The van der Waals surface area contributed by atoms with Crippen LogP contribution in [0.25, 0.3) is 0 Å². The third kappa shape index (κ3) is 7.87. The first kappa shape index (κ1) is 27.3. The molecule has 3 heterocycles. The summed E-state index contributed by atoms with van der Waals surface area (Å²) in [6, 6.07) is 14.8. The Morgan fingerprint density at radius 3 is 2.55 bits per heavy atom. The van der Waals surface area contributed by atoms with Crippen LogP contribution in [0.15, 0.2) is 78.5 Å². The fourth-order valence-corrected chi connectivity index (χ4v) is 5.07. The molecule has 4 rings (SSSR count). The Morgan fingerprint density at radius 2 is 1.84 bits per heavy atom. The van der Waals surface area contributed by atoms with Crippen LogP contribution in [0.1, 0.15) is 48.3 Å². The lowest BCUT2D eigenvalue weighted by molar-refractivity contribution is -0.143. The van der Waals surface area contributed by atoms with Crippen LogP contribution < -0.4 is 10.6 Å². The third-order valence-corrected chi connectivity index (χ3v) is 7.04. The van der Waals surface area contributed by atoms with Gasteiger partial charge in [-0.05, 0) is 55.7 Å². The van der Waals surface area contributed by atoms with Crippen molar-refractivity contribution in [3.63, 3.8) is 0 Å². The van der Waals surface area contributed by atoms with Gasteiger partial charge in [-0.3, -0.25) is 24.9 Å². The van der Waals surface area contributed by atoms with E-state index in [2.05, 4.69) is 25.8 Å². The maximum Gasteiger partial charge on any atom is 0.305 e. The molecule has 198 valence electrons. The number of hydrogen-bond donors (Lipinski definition) is 2. The summed E-state index contributed by atoms with van der Waals surface area (Å²) in [5, 5.41) is 10.8. The van der Waals surface area contributed by atoms with Crippen molar-refractivity contribution in [2.24, 2.45) is 5.16 Å². The molecule has 1 amide bonds. The van der Waals surface area contributed by atoms with Gasteiger partial charge in [-0.15, -0.1) is 11.8 Å². The van der Waals surface area contributed by atoms with Gasteiger partial charge < -0.3 is 14.9 Å². The van der Waals surface area contributed by atoms with Crippen LogP contribution >= 0.6 is 11.8 Å². The smallest absolute Gasteiger partial charge is 0.305 e. The number of oxime groups is 1. The number of esters is 1. The van der Waals surface area contributed by atoms with Crippen molar-refractivity contribution in [2.45, 2.75) is 37.6 Å². The van der Waals surface area contributed by atoms with Gasteiger partial charge in [0.15, 0.2) is 0 Å². The first-order chi connectivity index (χ1) is 18.6. The number of aromatic nitrogens is 2. The van der Waals surface area contributed by atoms with E-state index in [1.165, 1.54) is 0 Å². The summed E-state index contributed by atoms with van der Waals surface area (Å²) < 4.78 is 4.94. The monoisotopic (exact) mass is 533 g/mol. The molecule has 10 heteroatoms. The number of carbonyl (C=O) groups is 2. The number of nitrogens with one attached hydrogen (secondary N) is 2. The van der Waals surface area contributed by atoms with E-state index < -0.39 is 0 Å². The van der Waals surface area contributed by atoms with Gasteiger partial charge in [-0.25, -0.2) is 0 Å². The Morgan fingerprint density at radius 1 is 1.05 bits per heavy atom. The first-order valence-electron chi connectivity index (χ1n) is 12.6. The van der Waals surface area contributed by atoms with Gasteiger partial charge >= 0.3 is 5.97 Å². The van der Waals surface area contributed by atoms with Gasteiger partial charge in [0.25, 0.3) is 0 Å². The SMILES string of the molecule is CCOC(=O)CCCCO/N=C(\c1ccc(NC(=O)C2CSC(c3cccnc3)N2)cc1)c1cccnc1. The number of thioether (sulfide) groups is 1. The van der Waals surface area contributed by atoms with E-state index in [1.807, 2.05) is 54.7 Å². The maximum absolute atomic E-state index is 12.9. The number of nitrogens with zero attached hydrogens (tertiary/aromatic N) is 3. The maximum atomic E-state index is 12.9. The average molecular weight is 534 g/mol. The molecule has 38 heavy (non-hydrogen) atoms. The zero-order valence-corrected chi connectivity index (χ0v) is 22.0. The second-order valence-corrected chi connectivity index (χ2v) is 9.70. The van der Waals surface area contributed by atoms with Crippen molar-refractivity contribution in [3.05, 3.63) is 90.0 Å². The van der Waals surface area contributed by atoms with E-state index in [1.54, 1.807) is 37.3 Å². The summed E-state index contributed by atoms with van der Waals surface area (Å²) in [7, 11) is 0. The van der Waals surface area contributed by atoms with Crippen molar-refractivity contribution in [1.29, 1.82) is 0 Å². The highest BCUT2D eigenvalue weighted by Crippen LogP contribution is 2.32. The van der Waals surface area contributed by atoms with E-state index >= 15 is 0 Å². The van der Waals surface area contributed by atoms with Gasteiger partial charge in [0, 0.05) is 53.8 Å². The molecule has 2 aromatic heterocycles. The molecular weight excluding hydrogens is 502 g/mol. The van der Waals surface area contributed by atoms with Crippen LogP contribution in [0.5, 0.6) is 0 Å². The summed E-state index contributed by atoms with van der Waals surface area (Å²) in [5.41, 5.74) is 4.02. The number of anilines is 1. The lowest BCUT2D eigenvalue weighted by Gasteiger charge is -2.14. The van der Waals surface area contributed by atoms with E-state index in [4.69, 9.17) is 9.57 Å². The zero-order valence-electron chi connectivity index (χ0n) is 21.2. The predicted octanol–water partition coefficient (Wildman–Crippen LogP) is 4.32. The summed E-state index contributed by atoms with van der Waals surface area (Å²) >= 11 is 1.69. The minimum atomic E-state index is -0.297. The molecular formula is C28H31N5O4S. The minimum absolute atomic E-state index is 0.0465. The number of rotatable bonds is 12. The minimum Gasteiger partial charge on any atom is -0.466 e. The number of unbranched alkanes of at least 4 members (excludes halogenated alkanes) is 1. The fourth-order valence-electron chi connectivity index (χ4n) is 3.84. The lowest BCUT2D eigenvalue weighted by Crippen LogP contribution is -2.38. The Bertz CT molecular complexity index is 1210. The number of amides is 1. The molecule has 0 saturated carbocycles. The van der Waals surface area contributed by atoms with Crippen LogP contribution in [-0.2, 0) is 19.2 Å². The summed E-state index contributed by atoms with van der Waals surface area (Å²) in [6.07, 6.45) is 8.69. The highest BCUT2D eigenvalue weighted by Gasteiger charge is 2.30. The molecule has 0 aliphatic carbocycles. The molecule has 1 saturated heterocycles. The second kappa shape index (κ2) is 14.3. The number of hydrogen-bond acceptors (Lipinski definition) is 9. The van der Waals surface area contributed by atoms with Gasteiger partial charge in [-0.1, -0.05) is 23.4 Å². The van der Waals surface area contributed by atoms with Crippen molar-refractivity contribution in [3.8, 4) is 0 Å². The molecule has 0 spiro atoms. The molecule has 1 aliphatic heterocycles. The van der Waals surface area contributed by atoms with Gasteiger partial charge in [0.2, 0.25) is 5.91 Å². The molecule has 9 nitrogen and oxygen atoms in total. The molecule has 1 aliphatic rings. The topological polar surface area (TPSA) is 115 Å². The summed E-state index contributed by atoms with van der Waals surface area (Å²) in [6.45, 7) is 2.56. The fraction of sp³-hybridized carbons (Fsp3) is 0.321. The van der Waals surface area contributed by atoms with Gasteiger partial charge in [0.1, 0.15) is 12.3 Å². The molecule has 0 radical (unpaired) electrons. The Balaban J connectivity index is 1.34. The molecule has 2 atom stereocenters. The highest BCUT2D eigenvalue weighted by molar-refractivity contribution is 7.99. The Hall–Kier alpha value is -3.76. The lowest BCUT2D eigenvalue weighted by atomic mass is 10.0. The average Bonchev–Trinajstić information content (AvgIpc) is 3.45. The summed E-state index contributed by atoms with van der Waals surface area (Å²) in [4.78, 5) is 38.3. The Kier molecular flexibility index (Phi) is 10.2. The quantitative estimate of drug-likeness (QED) is 0.153. The van der Waals surface area contributed by atoms with E-state index in [0.29, 0.717) is 49.6 Å². The van der Waals surface area contributed by atoms with Crippen molar-refractivity contribution >= 4 is 35.0 Å². The van der Waals surface area contributed by atoms with Crippen molar-refractivity contribution < 1.29 is 19.2 Å². The van der Waals surface area contributed by atoms with Gasteiger partial charge in [0.05, 0.1) is 18.0 Å². The third-order valence-electron chi connectivity index (χ3n) is 5.77. The molecule has 1 fully saturated rings. The predicted molar refractivity (Wildman–Crippen MR) is 148 cm³/mol. The van der Waals surface area contributed by atoms with Crippen LogP contribution in [0.3, 0.4) is 0 Å². The van der Waals surface area contributed by atoms with Crippen molar-refractivity contribution in [2.75, 3.05) is 24.3 Å². The standard InChI is InChI=1S/C28H31N5O4S/c1-2-36-25(34)9-3-4-16-37-33-26(21-7-5-14-29-17-21)20-10-12-23(13-11-20)31-27(35)24-19-38-28(32-24)22-8-6-15-30-18-22/h5-8,10-15,17-18,24,28,32H,2-4,9,16,19H2,1H3,(H,31,35)/b33-26+. The van der Waals surface area contributed by atoms with E-state index in [0.717, 1.165) is 16.7 Å². The largest absolute Gasteiger partial charge is 0.466 e. The van der Waals surface area contributed by atoms with E-state index in [9.17, 15) is 9.59 Å². The molecule has 2 N–H and O–H groups in total. The highest BCUT2D eigenvalue weighted by atomic mass is 32.2. The number of pyridine rings is 2. The van der Waals surface area contributed by atoms with Gasteiger partial charge in [-0.2, -0.15) is 0 Å². The van der Waals surface area contributed by atoms with Crippen LogP contribution in [0.4, 0.5) is 5.69 Å². The zero-order chi connectivity index (χ0) is 26.6. The Labute approximate surface area is 226 Å². The van der Waals surface area contributed by atoms with Crippen molar-refractivity contribution in [1.82, 2.24) is 15.3 Å². The van der Waals surface area contributed by atoms with Crippen LogP contribution in [0.2, 0.25) is 0 Å². The number of carbonyl (C=O) groups excluding carboxylic acids is 2. The first-order valence-corrected chi connectivity index (χ1v) is 13.6. The number of benzene rings is 1. The molecule has 0 bridgehead atoms. The molecule has 3 aromatic rings. The number of ether oxygens (including phenoxy) is 1.